The van der Waals surface area contributed by atoms with Gasteiger partial charge in [-0.25, -0.2) is 0 Å². The van der Waals surface area contributed by atoms with Gasteiger partial charge in [-0.1, -0.05) is 91.9 Å². The number of para-hydroxylation sites is 1. The van der Waals surface area contributed by atoms with Crippen LogP contribution in [0.25, 0.3) is 6.08 Å². The summed E-state index contributed by atoms with van der Waals surface area (Å²) >= 11 is 0. The lowest BCUT2D eigenvalue weighted by molar-refractivity contribution is 0.550. The highest BCUT2D eigenvalue weighted by Gasteiger charge is 2.32. The van der Waals surface area contributed by atoms with Crippen LogP contribution in [-0.2, 0) is 0 Å². The first-order valence-corrected chi connectivity index (χ1v) is 9.45. The lowest BCUT2D eigenvalue weighted by atomic mass is 9.87. The van der Waals surface area contributed by atoms with E-state index in [1.165, 1.54) is 28.0 Å². The maximum atomic E-state index is 2.62. The lowest BCUT2D eigenvalue weighted by Gasteiger charge is -2.44. The highest BCUT2D eigenvalue weighted by Crippen LogP contribution is 2.46. The number of hydrogen-bond acceptors (Lipinski definition) is 1. The van der Waals surface area contributed by atoms with Crippen molar-refractivity contribution in [2.45, 2.75) is 32.4 Å². The van der Waals surface area contributed by atoms with Crippen LogP contribution in [0.4, 0.5) is 5.69 Å². The summed E-state index contributed by atoms with van der Waals surface area (Å²) in [5, 5.41) is 0. The van der Waals surface area contributed by atoms with Gasteiger partial charge in [-0.3, -0.25) is 0 Å². The van der Waals surface area contributed by atoms with Gasteiger partial charge >= 0.3 is 0 Å². The Morgan fingerprint density at radius 2 is 1.42 bits per heavy atom. The Morgan fingerprint density at radius 1 is 0.808 bits per heavy atom. The van der Waals surface area contributed by atoms with Crippen molar-refractivity contribution in [1.82, 2.24) is 0 Å². The van der Waals surface area contributed by atoms with E-state index < -0.39 is 0 Å². The van der Waals surface area contributed by atoms with Gasteiger partial charge in [-0.15, -0.1) is 0 Å². The topological polar surface area (TPSA) is 3.24 Å². The largest absolute Gasteiger partial charge is 0.353 e. The van der Waals surface area contributed by atoms with Crippen LogP contribution >= 0.6 is 0 Å². The van der Waals surface area contributed by atoms with Crippen LogP contribution < -0.4 is 4.90 Å². The molecule has 0 amide bonds. The Labute approximate surface area is 156 Å². The van der Waals surface area contributed by atoms with E-state index in [9.17, 15) is 0 Å². The number of rotatable bonds is 4. The molecule has 0 aromatic heterocycles. The Kier molecular flexibility index (Phi) is 4.62. The molecule has 1 heterocycles. The maximum absolute atomic E-state index is 2.62. The van der Waals surface area contributed by atoms with Gasteiger partial charge in [0.2, 0.25) is 0 Å². The zero-order valence-corrected chi connectivity index (χ0v) is 15.5. The van der Waals surface area contributed by atoms with Gasteiger partial charge < -0.3 is 4.90 Å². The summed E-state index contributed by atoms with van der Waals surface area (Å²) in [4.78, 5) is 2.62. The number of fused-ring (bicyclic) bond motifs is 1. The van der Waals surface area contributed by atoms with Gasteiger partial charge in [0, 0.05) is 5.69 Å². The van der Waals surface area contributed by atoms with Crippen molar-refractivity contribution in [3.63, 3.8) is 0 Å². The smallest absolute Gasteiger partial charge is 0.0763 e. The summed E-state index contributed by atoms with van der Waals surface area (Å²) in [6.07, 6.45) is 3.41. The van der Waals surface area contributed by atoms with Crippen LogP contribution in [0.2, 0.25) is 0 Å². The third-order valence-corrected chi connectivity index (χ3v) is 5.33. The molecule has 4 rings (SSSR count). The summed E-state index contributed by atoms with van der Waals surface area (Å²) in [5.41, 5.74) is 6.75. The highest BCUT2D eigenvalue weighted by atomic mass is 15.2. The fourth-order valence-electron chi connectivity index (χ4n) is 4.20. The number of hydrogen-bond donors (Lipinski definition) is 0. The molecule has 1 unspecified atom stereocenters. The first kappa shape index (κ1) is 16.7. The zero-order chi connectivity index (χ0) is 17.9. The van der Waals surface area contributed by atoms with E-state index in [0.29, 0.717) is 6.04 Å². The molecule has 0 fully saturated rings. The summed E-state index contributed by atoms with van der Waals surface area (Å²) in [6, 6.07) is 31.2. The van der Waals surface area contributed by atoms with Gasteiger partial charge in [0.25, 0.3) is 0 Å². The third-order valence-electron chi connectivity index (χ3n) is 5.33. The van der Waals surface area contributed by atoms with E-state index in [-0.39, 0.29) is 6.04 Å². The Morgan fingerprint density at radius 3 is 2.12 bits per heavy atom. The first-order chi connectivity index (χ1) is 12.8. The van der Waals surface area contributed by atoms with Crippen LogP contribution in [0.15, 0.2) is 90.5 Å². The van der Waals surface area contributed by atoms with E-state index in [4.69, 9.17) is 0 Å². The van der Waals surface area contributed by atoms with Gasteiger partial charge in [-0.2, -0.15) is 0 Å². The quantitative estimate of drug-likeness (QED) is 0.505. The third kappa shape index (κ3) is 2.94. The molecule has 130 valence electrons. The summed E-state index contributed by atoms with van der Waals surface area (Å²) in [6.45, 7) is 4.55. The van der Waals surface area contributed by atoms with Crippen LogP contribution in [-0.4, -0.2) is 0 Å². The van der Waals surface area contributed by atoms with Crippen molar-refractivity contribution in [3.8, 4) is 0 Å². The van der Waals surface area contributed by atoms with E-state index >= 15 is 0 Å². The number of benzene rings is 3. The molecule has 0 aliphatic carbocycles. The number of anilines is 1. The highest BCUT2D eigenvalue weighted by molar-refractivity contribution is 5.75. The minimum Gasteiger partial charge on any atom is -0.353 e. The van der Waals surface area contributed by atoms with Crippen LogP contribution in [0.3, 0.4) is 0 Å². The predicted octanol–water partition coefficient (Wildman–Crippen LogP) is 6.80. The van der Waals surface area contributed by atoms with E-state index in [1.807, 2.05) is 0 Å². The SMILES string of the molecule is CCC(c1ccccc1)N1c2ccccc2C=C(C)[C@@H]1c1ccccc1. The Hall–Kier alpha value is -2.80. The fraction of sp³-hybridized carbons (Fsp3) is 0.200. The van der Waals surface area contributed by atoms with Crippen LogP contribution in [0.1, 0.15) is 49.0 Å². The van der Waals surface area contributed by atoms with E-state index in [0.717, 1.165) is 6.42 Å². The van der Waals surface area contributed by atoms with Crippen molar-refractivity contribution >= 4 is 11.8 Å². The summed E-state index contributed by atoms with van der Waals surface area (Å²) in [7, 11) is 0. The van der Waals surface area contributed by atoms with Crippen molar-refractivity contribution in [1.29, 1.82) is 0 Å². The average molecular weight is 339 g/mol. The molecule has 3 aromatic rings. The monoisotopic (exact) mass is 339 g/mol. The van der Waals surface area contributed by atoms with Crippen molar-refractivity contribution in [2.24, 2.45) is 0 Å². The van der Waals surface area contributed by atoms with Crippen molar-refractivity contribution in [3.05, 3.63) is 107 Å². The first-order valence-electron chi connectivity index (χ1n) is 9.45. The minimum atomic E-state index is 0.260. The van der Waals surface area contributed by atoms with Gasteiger partial charge in [0.05, 0.1) is 12.1 Å². The molecule has 26 heavy (non-hydrogen) atoms. The maximum Gasteiger partial charge on any atom is 0.0763 e. The Bertz CT molecular complexity index is 896. The van der Waals surface area contributed by atoms with Gasteiger partial charge in [-0.05, 0) is 41.7 Å². The molecular weight excluding hydrogens is 314 g/mol. The minimum absolute atomic E-state index is 0.260. The van der Waals surface area contributed by atoms with Gasteiger partial charge in [0.15, 0.2) is 0 Å². The summed E-state index contributed by atoms with van der Waals surface area (Å²) < 4.78 is 0. The lowest BCUT2D eigenvalue weighted by Crippen LogP contribution is -2.35. The van der Waals surface area contributed by atoms with Crippen molar-refractivity contribution < 1.29 is 0 Å². The molecule has 3 aromatic carbocycles. The second-order valence-electron chi connectivity index (χ2n) is 7.00. The summed E-state index contributed by atoms with van der Waals surface area (Å²) in [5.74, 6) is 0. The van der Waals surface area contributed by atoms with E-state index in [1.54, 1.807) is 0 Å². The zero-order valence-electron chi connectivity index (χ0n) is 15.5. The van der Waals surface area contributed by atoms with E-state index in [2.05, 4.69) is 110 Å². The van der Waals surface area contributed by atoms with Crippen LogP contribution in [0.5, 0.6) is 0 Å². The molecule has 2 atom stereocenters. The van der Waals surface area contributed by atoms with Gasteiger partial charge in [0.1, 0.15) is 0 Å². The molecule has 1 aliphatic heterocycles. The second-order valence-corrected chi connectivity index (χ2v) is 7.00. The molecule has 0 spiro atoms. The molecule has 0 saturated heterocycles. The molecule has 0 N–H and O–H groups in total. The van der Waals surface area contributed by atoms with Crippen LogP contribution in [0, 0.1) is 0 Å². The molecule has 0 radical (unpaired) electrons. The normalized spacial score (nSPS) is 17.4. The molecule has 1 nitrogen and oxygen atoms in total. The second kappa shape index (κ2) is 7.21. The predicted molar refractivity (Wildman–Crippen MR) is 111 cm³/mol. The molecule has 0 saturated carbocycles. The molecule has 1 heteroatoms. The fourth-order valence-corrected chi connectivity index (χ4v) is 4.20. The standard InChI is InChI=1S/C25H25N/c1-3-23(20-12-6-4-7-13-20)26-24-17-11-10-16-22(24)18-19(2)25(26)21-14-8-5-9-15-21/h4-18,23,25H,3H2,1-2H3/t23?,25-/m1/s1. The molecular formula is C25H25N. The Balaban J connectivity index is 1.90. The average Bonchev–Trinajstić information content (AvgIpc) is 2.70. The van der Waals surface area contributed by atoms with Crippen molar-refractivity contribution in [2.75, 3.05) is 4.90 Å². The number of nitrogens with zero attached hydrogens (tertiary/aromatic N) is 1. The molecule has 1 aliphatic rings. The molecule has 0 bridgehead atoms.